The number of urea groups is 1. The SMILES string of the molecule is CNC(=O)NC(=O)CCSc1nccnc1N. The van der Waals surface area contributed by atoms with Crippen LogP contribution in [0.2, 0.25) is 0 Å². The summed E-state index contributed by atoms with van der Waals surface area (Å²) in [5.41, 5.74) is 5.58. The number of aromatic nitrogens is 2. The lowest BCUT2D eigenvalue weighted by atomic mass is 10.4. The van der Waals surface area contributed by atoms with Gasteiger partial charge in [-0.05, 0) is 0 Å². The Labute approximate surface area is 103 Å². The van der Waals surface area contributed by atoms with Gasteiger partial charge in [0.05, 0.1) is 0 Å². The summed E-state index contributed by atoms with van der Waals surface area (Å²) in [5.74, 6) is 0.467. The van der Waals surface area contributed by atoms with Gasteiger partial charge in [-0.3, -0.25) is 10.1 Å². The largest absolute Gasteiger partial charge is 0.381 e. The van der Waals surface area contributed by atoms with E-state index in [1.54, 1.807) is 0 Å². The summed E-state index contributed by atoms with van der Waals surface area (Å²) in [4.78, 5) is 29.9. The normalized spacial score (nSPS) is 9.71. The first kappa shape index (κ1) is 13.2. The number of nitrogens with one attached hydrogen (secondary N) is 2. The predicted octanol–water partition coefficient (Wildman–Crippen LogP) is -0.00340. The van der Waals surface area contributed by atoms with Gasteiger partial charge >= 0.3 is 6.03 Å². The summed E-state index contributed by atoms with van der Waals surface area (Å²) in [6.45, 7) is 0. The molecule has 0 saturated carbocycles. The number of hydrogen-bond acceptors (Lipinski definition) is 6. The molecule has 0 unspecified atom stereocenters. The molecule has 1 aromatic heterocycles. The minimum atomic E-state index is -0.515. The van der Waals surface area contributed by atoms with Crippen LogP contribution in [0.4, 0.5) is 10.6 Å². The Morgan fingerprint density at radius 1 is 1.41 bits per heavy atom. The van der Waals surface area contributed by atoms with Crippen molar-refractivity contribution in [3.8, 4) is 0 Å². The van der Waals surface area contributed by atoms with Crippen molar-refractivity contribution in [1.82, 2.24) is 20.6 Å². The smallest absolute Gasteiger partial charge is 0.321 e. The van der Waals surface area contributed by atoms with Crippen LogP contribution in [0.25, 0.3) is 0 Å². The van der Waals surface area contributed by atoms with Gasteiger partial charge in [0.25, 0.3) is 0 Å². The molecule has 1 aromatic rings. The average molecular weight is 255 g/mol. The monoisotopic (exact) mass is 255 g/mol. The standard InChI is InChI=1S/C9H13N5O2S/c1-11-9(16)14-6(15)2-5-17-8-7(10)12-3-4-13-8/h3-4H,2,5H2,1H3,(H2,10,12)(H2,11,14,15,16). The zero-order chi connectivity index (χ0) is 12.7. The summed E-state index contributed by atoms with van der Waals surface area (Å²) in [7, 11) is 1.44. The molecule has 0 saturated heterocycles. The number of carbonyl (C=O) groups excluding carboxylic acids is 2. The van der Waals surface area contributed by atoms with E-state index >= 15 is 0 Å². The minimum Gasteiger partial charge on any atom is -0.381 e. The Balaban J connectivity index is 2.31. The lowest BCUT2D eigenvalue weighted by molar-refractivity contribution is -0.119. The van der Waals surface area contributed by atoms with Crippen molar-refractivity contribution < 1.29 is 9.59 Å². The molecule has 17 heavy (non-hydrogen) atoms. The Morgan fingerprint density at radius 3 is 2.76 bits per heavy atom. The van der Waals surface area contributed by atoms with Gasteiger partial charge in [-0.15, -0.1) is 11.8 Å². The number of carbonyl (C=O) groups is 2. The fraction of sp³-hybridized carbons (Fsp3) is 0.333. The van der Waals surface area contributed by atoms with Crippen molar-refractivity contribution in [2.24, 2.45) is 0 Å². The number of anilines is 1. The summed E-state index contributed by atoms with van der Waals surface area (Å²) >= 11 is 1.32. The van der Waals surface area contributed by atoms with Crippen LogP contribution in [0.15, 0.2) is 17.4 Å². The average Bonchev–Trinajstić information content (AvgIpc) is 2.31. The summed E-state index contributed by atoms with van der Waals surface area (Å²) < 4.78 is 0. The molecule has 0 aliphatic carbocycles. The van der Waals surface area contributed by atoms with Gasteiger partial charge in [-0.1, -0.05) is 0 Å². The first-order valence-corrected chi connectivity index (χ1v) is 5.83. The maximum atomic E-state index is 11.2. The molecule has 0 spiro atoms. The van der Waals surface area contributed by atoms with Crippen molar-refractivity contribution in [2.45, 2.75) is 11.4 Å². The topological polar surface area (TPSA) is 110 Å². The second kappa shape index (κ2) is 6.69. The first-order valence-electron chi connectivity index (χ1n) is 4.84. The van der Waals surface area contributed by atoms with E-state index in [-0.39, 0.29) is 12.3 Å². The molecule has 1 rings (SSSR count). The molecular formula is C9H13N5O2S. The van der Waals surface area contributed by atoms with E-state index < -0.39 is 6.03 Å². The lowest BCUT2D eigenvalue weighted by Crippen LogP contribution is -2.37. The minimum absolute atomic E-state index is 0.202. The highest BCUT2D eigenvalue weighted by Crippen LogP contribution is 2.19. The van der Waals surface area contributed by atoms with Gasteiger partial charge in [-0.2, -0.15) is 0 Å². The molecule has 4 N–H and O–H groups in total. The molecule has 3 amide bonds. The molecule has 7 nitrogen and oxygen atoms in total. The summed E-state index contributed by atoms with van der Waals surface area (Å²) in [6, 6.07) is -0.515. The van der Waals surface area contributed by atoms with Crippen molar-refractivity contribution in [1.29, 1.82) is 0 Å². The Hall–Kier alpha value is -1.83. The summed E-state index contributed by atoms with van der Waals surface area (Å²) in [6.07, 6.45) is 3.23. The predicted molar refractivity (Wildman–Crippen MR) is 64.4 cm³/mol. The highest BCUT2D eigenvalue weighted by atomic mass is 32.2. The molecule has 0 fully saturated rings. The molecule has 0 bridgehead atoms. The molecule has 0 aliphatic rings. The number of nitrogens with zero attached hydrogens (tertiary/aromatic N) is 2. The summed E-state index contributed by atoms with van der Waals surface area (Å²) in [5, 5.41) is 5.04. The van der Waals surface area contributed by atoms with Crippen molar-refractivity contribution in [3.63, 3.8) is 0 Å². The van der Waals surface area contributed by atoms with Crippen LogP contribution >= 0.6 is 11.8 Å². The third-order valence-corrected chi connectivity index (χ3v) is 2.74. The van der Waals surface area contributed by atoms with E-state index in [0.717, 1.165) is 0 Å². The van der Waals surface area contributed by atoms with E-state index in [4.69, 9.17) is 5.73 Å². The van der Waals surface area contributed by atoms with Gasteiger partial charge in [0.1, 0.15) is 5.03 Å². The van der Waals surface area contributed by atoms with Crippen LogP contribution < -0.4 is 16.4 Å². The second-order valence-electron chi connectivity index (χ2n) is 2.97. The van der Waals surface area contributed by atoms with Crippen LogP contribution in [0.5, 0.6) is 0 Å². The van der Waals surface area contributed by atoms with Crippen molar-refractivity contribution >= 4 is 29.5 Å². The van der Waals surface area contributed by atoms with Crippen LogP contribution in [0.3, 0.4) is 0 Å². The lowest BCUT2D eigenvalue weighted by Gasteiger charge is -2.03. The number of amides is 3. The molecule has 0 atom stereocenters. The number of nitrogen functional groups attached to an aromatic ring is 1. The fourth-order valence-corrected chi connectivity index (χ4v) is 1.76. The second-order valence-corrected chi connectivity index (χ2v) is 4.06. The van der Waals surface area contributed by atoms with Gasteiger partial charge in [0.15, 0.2) is 5.82 Å². The van der Waals surface area contributed by atoms with E-state index in [2.05, 4.69) is 20.6 Å². The maximum Gasteiger partial charge on any atom is 0.321 e. The molecule has 8 heteroatoms. The van der Waals surface area contributed by atoms with E-state index in [1.807, 2.05) is 0 Å². The highest BCUT2D eigenvalue weighted by molar-refractivity contribution is 7.99. The van der Waals surface area contributed by atoms with E-state index in [9.17, 15) is 9.59 Å². The maximum absolute atomic E-state index is 11.2. The molecule has 0 radical (unpaired) electrons. The third kappa shape index (κ3) is 4.68. The first-order chi connectivity index (χ1) is 8.13. The van der Waals surface area contributed by atoms with E-state index in [0.29, 0.717) is 16.6 Å². The number of imide groups is 1. The third-order valence-electron chi connectivity index (χ3n) is 1.74. The molecule has 0 aliphatic heterocycles. The Morgan fingerprint density at radius 2 is 2.12 bits per heavy atom. The molecule has 0 aromatic carbocycles. The quantitative estimate of drug-likeness (QED) is 0.653. The highest BCUT2D eigenvalue weighted by Gasteiger charge is 2.07. The zero-order valence-electron chi connectivity index (χ0n) is 9.27. The van der Waals surface area contributed by atoms with Gasteiger partial charge in [0.2, 0.25) is 5.91 Å². The van der Waals surface area contributed by atoms with Gasteiger partial charge in [-0.25, -0.2) is 14.8 Å². The fourth-order valence-electron chi connectivity index (χ4n) is 0.939. The van der Waals surface area contributed by atoms with Crippen LogP contribution in [-0.2, 0) is 4.79 Å². The molecule has 1 heterocycles. The molecular weight excluding hydrogens is 242 g/mol. The zero-order valence-corrected chi connectivity index (χ0v) is 10.1. The Bertz CT molecular complexity index is 412. The van der Waals surface area contributed by atoms with Crippen LogP contribution in [-0.4, -0.2) is 34.7 Å². The Kier molecular flexibility index (Phi) is 5.21. The van der Waals surface area contributed by atoms with Crippen molar-refractivity contribution in [2.75, 3.05) is 18.5 Å². The van der Waals surface area contributed by atoms with Gasteiger partial charge < -0.3 is 11.1 Å². The number of hydrogen-bond donors (Lipinski definition) is 3. The van der Waals surface area contributed by atoms with Gasteiger partial charge in [0, 0.05) is 31.6 Å². The van der Waals surface area contributed by atoms with Crippen LogP contribution in [0.1, 0.15) is 6.42 Å². The number of thioether (sulfide) groups is 1. The number of rotatable bonds is 4. The number of nitrogens with two attached hydrogens (primary N) is 1. The van der Waals surface area contributed by atoms with Crippen molar-refractivity contribution in [3.05, 3.63) is 12.4 Å². The molecule has 92 valence electrons. The van der Waals surface area contributed by atoms with Crippen LogP contribution in [0, 0.1) is 0 Å². The van der Waals surface area contributed by atoms with E-state index in [1.165, 1.54) is 31.2 Å².